The molecule has 19 heavy (non-hydrogen) atoms. The summed E-state index contributed by atoms with van der Waals surface area (Å²) in [6, 6.07) is 3.00. The number of ether oxygens (including phenoxy) is 1. The number of rotatable bonds is 6. The van der Waals surface area contributed by atoms with Crippen LogP contribution in [-0.4, -0.2) is 49.4 Å². The zero-order valence-corrected chi connectivity index (χ0v) is 10.8. The highest BCUT2D eigenvalue weighted by Gasteiger charge is 2.17. The maximum atomic E-state index is 11.6. The van der Waals surface area contributed by atoms with E-state index in [1.54, 1.807) is 17.9 Å². The number of amides is 2. The predicted octanol–water partition coefficient (Wildman–Crippen LogP) is 0.0309. The van der Waals surface area contributed by atoms with Gasteiger partial charge in [-0.05, 0) is 18.7 Å². The second-order valence-electron chi connectivity index (χ2n) is 3.73. The third-order valence-corrected chi connectivity index (χ3v) is 2.39. The second kappa shape index (κ2) is 7.32. The van der Waals surface area contributed by atoms with Gasteiger partial charge in [-0.2, -0.15) is 0 Å². The van der Waals surface area contributed by atoms with Gasteiger partial charge in [0.15, 0.2) is 5.76 Å². The van der Waals surface area contributed by atoms with Crippen LogP contribution in [0.4, 0.5) is 0 Å². The van der Waals surface area contributed by atoms with Crippen molar-refractivity contribution in [1.29, 1.82) is 0 Å². The van der Waals surface area contributed by atoms with E-state index in [1.807, 2.05) is 0 Å². The van der Waals surface area contributed by atoms with Crippen LogP contribution in [0.15, 0.2) is 22.8 Å². The Labute approximate surface area is 110 Å². The van der Waals surface area contributed by atoms with Crippen LogP contribution in [0.3, 0.4) is 0 Å². The minimum absolute atomic E-state index is 0.00460. The number of nitrogens with zero attached hydrogens (tertiary/aromatic N) is 1. The lowest BCUT2D eigenvalue weighted by molar-refractivity contribution is -0.142. The number of hydrogen-bond acceptors (Lipinski definition) is 6. The Hall–Kier alpha value is -2.15. The lowest BCUT2D eigenvalue weighted by Crippen LogP contribution is -2.42. The molecule has 1 N–H and O–H groups in total. The fourth-order valence-corrected chi connectivity index (χ4v) is 1.37. The lowest BCUT2D eigenvalue weighted by atomic mass is 10.4. The van der Waals surface area contributed by atoms with Crippen molar-refractivity contribution >= 4 is 17.8 Å². The van der Waals surface area contributed by atoms with E-state index in [4.69, 9.17) is 4.42 Å². The fourth-order valence-electron chi connectivity index (χ4n) is 1.37. The molecule has 0 spiro atoms. The number of carbonyl (C=O) groups excluding carboxylic acids is 3. The van der Waals surface area contributed by atoms with Gasteiger partial charge in [0.05, 0.1) is 26.5 Å². The third kappa shape index (κ3) is 4.92. The monoisotopic (exact) mass is 268 g/mol. The topological polar surface area (TPSA) is 88.9 Å². The summed E-state index contributed by atoms with van der Waals surface area (Å²) in [5.74, 6) is -1.49. The van der Waals surface area contributed by atoms with Gasteiger partial charge in [-0.3, -0.25) is 24.6 Å². The zero-order chi connectivity index (χ0) is 14.3. The van der Waals surface area contributed by atoms with Gasteiger partial charge < -0.3 is 9.15 Å². The maximum absolute atomic E-state index is 11.6. The molecule has 1 rings (SSSR count). The van der Waals surface area contributed by atoms with Crippen LogP contribution in [0.25, 0.3) is 0 Å². The predicted molar refractivity (Wildman–Crippen MR) is 65.3 cm³/mol. The molecule has 2 amide bonds. The van der Waals surface area contributed by atoms with E-state index in [2.05, 4.69) is 10.1 Å². The van der Waals surface area contributed by atoms with Crippen molar-refractivity contribution in [2.24, 2.45) is 0 Å². The summed E-state index contributed by atoms with van der Waals surface area (Å²) in [4.78, 5) is 35.8. The van der Waals surface area contributed by atoms with Gasteiger partial charge in [0.25, 0.3) is 5.91 Å². The van der Waals surface area contributed by atoms with Gasteiger partial charge in [0.1, 0.15) is 0 Å². The SMILES string of the molecule is CCN(CC(=O)NC(=O)c1ccco1)CC(=O)OC. The Balaban J connectivity index is 2.45. The number of hydrogen-bond donors (Lipinski definition) is 1. The van der Waals surface area contributed by atoms with Crippen molar-refractivity contribution in [3.8, 4) is 0 Å². The van der Waals surface area contributed by atoms with Crippen LogP contribution < -0.4 is 5.32 Å². The first-order valence-electron chi connectivity index (χ1n) is 5.73. The van der Waals surface area contributed by atoms with Gasteiger partial charge in [-0.1, -0.05) is 6.92 Å². The number of furan rings is 1. The Morgan fingerprint density at radius 1 is 1.37 bits per heavy atom. The van der Waals surface area contributed by atoms with Gasteiger partial charge in [-0.15, -0.1) is 0 Å². The Kier molecular flexibility index (Phi) is 5.74. The van der Waals surface area contributed by atoms with E-state index < -0.39 is 17.8 Å². The number of methoxy groups -OCH3 is 1. The van der Waals surface area contributed by atoms with E-state index in [1.165, 1.54) is 19.4 Å². The van der Waals surface area contributed by atoms with Crippen LogP contribution in [0.5, 0.6) is 0 Å². The average molecular weight is 268 g/mol. The van der Waals surface area contributed by atoms with Crippen molar-refractivity contribution in [2.75, 3.05) is 26.7 Å². The average Bonchev–Trinajstić information content (AvgIpc) is 2.91. The molecule has 1 heterocycles. The first-order valence-corrected chi connectivity index (χ1v) is 5.73. The highest BCUT2D eigenvalue weighted by Crippen LogP contribution is 1.99. The highest BCUT2D eigenvalue weighted by molar-refractivity contribution is 6.03. The van der Waals surface area contributed by atoms with Crippen LogP contribution in [-0.2, 0) is 14.3 Å². The summed E-state index contributed by atoms with van der Waals surface area (Å²) in [5.41, 5.74) is 0. The van der Waals surface area contributed by atoms with Gasteiger partial charge in [0.2, 0.25) is 5.91 Å². The maximum Gasteiger partial charge on any atom is 0.319 e. The molecule has 0 atom stereocenters. The summed E-state index contributed by atoms with van der Waals surface area (Å²) >= 11 is 0. The molecule has 0 aromatic carbocycles. The van der Waals surface area contributed by atoms with E-state index in [-0.39, 0.29) is 18.8 Å². The molecule has 0 aliphatic carbocycles. The summed E-state index contributed by atoms with van der Waals surface area (Å²) < 4.78 is 9.37. The molecular weight excluding hydrogens is 252 g/mol. The van der Waals surface area contributed by atoms with Gasteiger partial charge >= 0.3 is 5.97 Å². The molecule has 0 aliphatic rings. The van der Waals surface area contributed by atoms with Crippen LogP contribution >= 0.6 is 0 Å². The number of likely N-dealkylation sites (N-methyl/N-ethyl adjacent to an activating group) is 1. The van der Waals surface area contributed by atoms with Gasteiger partial charge in [-0.25, -0.2) is 0 Å². The van der Waals surface area contributed by atoms with Crippen LogP contribution in [0.1, 0.15) is 17.5 Å². The Morgan fingerprint density at radius 2 is 2.11 bits per heavy atom. The Bertz CT molecular complexity index is 441. The molecule has 0 unspecified atom stereocenters. The molecular formula is C12H16N2O5. The molecule has 7 heteroatoms. The largest absolute Gasteiger partial charge is 0.468 e. The van der Waals surface area contributed by atoms with Crippen LogP contribution in [0, 0.1) is 0 Å². The first-order chi connectivity index (χ1) is 9.06. The smallest absolute Gasteiger partial charge is 0.319 e. The Morgan fingerprint density at radius 3 is 2.63 bits per heavy atom. The number of esters is 1. The molecule has 1 aromatic heterocycles. The van der Waals surface area contributed by atoms with E-state index in [9.17, 15) is 14.4 Å². The van der Waals surface area contributed by atoms with Crippen molar-refractivity contribution in [3.63, 3.8) is 0 Å². The first kappa shape index (κ1) is 14.9. The molecule has 0 saturated heterocycles. The number of carbonyl (C=O) groups is 3. The number of nitrogens with one attached hydrogen (secondary N) is 1. The zero-order valence-electron chi connectivity index (χ0n) is 10.8. The van der Waals surface area contributed by atoms with Crippen LogP contribution in [0.2, 0.25) is 0 Å². The quantitative estimate of drug-likeness (QED) is 0.732. The normalized spacial score (nSPS) is 10.3. The standard InChI is InChI=1S/C12H16N2O5/c1-3-14(8-11(16)18-2)7-10(15)13-12(17)9-5-4-6-19-9/h4-6H,3,7-8H2,1-2H3,(H,13,15,17). The van der Waals surface area contributed by atoms with E-state index in [0.29, 0.717) is 6.54 Å². The van der Waals surface area contributed by atoms with Crippen molar-refractivity contribution in [2.45, 2.75) is 6.92 Å². The highest BCUT2D eigenvalue weighted by atomic mass is 16.5. The second-order valence-corrected chi connectivity index (χ2v) is 3.73. The third-order valence-electron chi connectivity index (χ3n) is 2.39. The van der Waals surface area contributed by atoms with Crippen molar-refractivity contribution in [1.82, 2.24) is 10.2 Å². The summed E-state index contributed by atoms with van der Waals surface area (Å²) in [6.07, 6.45) is 1.34. The van der Waals surface area contributed by atoms with Gasteiger partial charge in [0, 0.05) is 0 Å². The molecule has 0 aliphatic heterocycles. The summed E-state index contributed by atoms with van der Waals surface area (Å²) in [6.45, 7) is 2.20. The van der Waals surface area contributed by atoms with E-state index >= 15 is 0 Å². The summed E-state index contributed by atoms with van der Waals surface area (Å²) in [5, 5.41) is 2.17. The molecule has 1 aromatic rings. The minimum atomic E-state index is -0.607. The number of imide groups is 1. The molecule has 0 radical (unpaired) electrons. The molecule has 104 valence electrons. The van der Waals surface area contributed by atoms with Crippen molar-refractivity contribution in [3.05, 3.63) is 24.2 Å². The molecule has 0 bridgehead atoms. The molecule has 0 saturated carbocycles. The fraction of sp³-hybridized carbons (Fsp3) is 0.417. The summed E-state index contributed by atoms with van der Waals surface area (Å²) in [7, 11) is 1.27. The lowest BCUT2D eigenvalue weighted by Gasteiger charge is -2.17. The molecule has 0 fully saturated rings. The van der Waals surface area contributed by atoms with Crippen molar-refractivity contribution < 1.29 is 23.5 Å². The molecule has 7 nitrogen and oxygen atoms in total. The minimum Gasteiger partial charge on any atom is -0.468 e. The van der Waals surface area contributed by atoms with E-state index in [0.717, 1.165) is 0 Å².